The number of carboxylic acids is 1. The van der Waals surface area contributed by atoms with Crippen molar-refractivity contribution in [3.8, 4) is 0 Å². The van der Waals surface area contributed by atoms with Gasteiger partial charge in [-0.3, -0.25) is 4.90 Å². The maximum Gasteiger partial charge on any atom is 0.339 e. The summed E-state index contributed by atoms with van der Waals surface area (Å²) >= 11 is 0. The van der Waals surface area contributed by atoms with Crippen LogP contribution < -0.4 is 0 Å². The highest BCUT2D eigenvalue weighted by Crippen LogP contribution is 2.19. The van der Waals surface area contributed by atoms with E-state index in [0.29, 0.717) is 5.65 Å². The van der Waals surface area contributed by atoms with Crippen molar-refractivity contribution >= 4 is 11.6 Å². The number of aromatic carboxylic acids is 1. The molecule has 0 aromatic carbocycles. The number of fused-ring (bicyclic) bond motifs is 1. The Morgan fingerprint density at radius 2 is 2.40 bits per heavy atom. The van der Waals surface area contributed by atoms with Crippen LogP contribution in [0.15, 0.2) is 24.7 Å². The number of likely N-dealkylation sites (tertiary alicyclic amines) is 1. The number of carboxylic acid groups (broad SMARTS) is 1. The molecule has 0 radical (unpaired) electrons. The summed E-state index contributed by atoms with van der Waals surface area (Å²) in [6.07, 6.45) is 7.92. The first-order valence-corrected chi connectivity index (χ1v) is 7.04. The first kappa shape index (κ1) is 13.1. The average Bonchev–Trinajstić information content (AvgIpc) is 2.85. The van der Waals surface area contributed by atoms with Crippen LogP contribution in [0, 0.1) is 5.92 Å². The zero-order valence-corrected chi connectivity index (χ0v) is 11.6. The summed E-state index contributed by atoms with van der Waals surface area (Å²) in [5.74, 6) is -0.199. The molecular formula is C15H19N3O2. The van der Waals surface area contributed by atoms with Crippen LogP contribution in [0.3, 0.4) is 0 Å². The Hall–Kier alpha value is -1.88. The predicted octanol–water partition coefficient (Wildman–Crippen LogP) is 2.26. The fourth-order valence-corrected chi connectivity index (χ4v) is 3.02. The molecule has 0 saturated carbocycles. The van der Waals surface area contributed by atoms with E-state index < -0.39 is 5.97 Å². The molecule has 1 N–H and O–H groups in total. The third-order valence-corrected chi connectivity index (χ3v) is 3.92. The maximum atomic E-state index is 11.3. The van der Waals surface area contributed by atoms with Crippen molar-refractivity contribution in [1.29, 1.82) is 0 Å². The summed E-state index contributed by atoms with van der Waals surface area (Å²) in [6.45, 7) is 5.26. The number of hydrogen-bond donors (Lipinski definition) is 1. The molecule has 2 aromatic rings. The van der Waals surface area contributed by atoms with E-state index in [0.717, 1.165) is 31.1 Å². The highest BCUT2D eigenvalue weighted by molar-refractivity contribution is 5.94. The lowest BCUT2D eigenvalue weighted by molar-refractivity contribution is 0.0698. The molecule has 1 aliphatic heterocycles. The second-order valence-corrected chi connectivity index (χ2v) is 5.71. The maximum absolute atomic E-state index is 11.3. The molecule has 3 rings (SSSR count). The van der Waals surface area contributed by atoms with Crippen molar-refractivity contribution in [2.45, 2.75) is 26.3 Å². The van der Waals surface area contributed by atoms with Crippen molar-refractivity contribution in [2.24, 2.45) is 5.92 Å². The second kappa shape index (κ2) is 5.25. The van der Waals surface area contributed by atoms with Gasteiger partial charge < -0.3 is 9.51 Å². The first-order valence-electron chi connectivity index (χ1n) is 7.04. The Balaban J connectivity index is 1.89. The minimum Gasteiger partial charge on any atom is -0.478 e. The van der Waals surface area contributed by atoms with Crippen LogP contribution in [0.5, 0.6) is 0 Å². The SMILES string of the molecule is C[C@H]1CCCN(Cc2cc(C(=O)O)c3nccn3c2)C1. The number of carbonyl (C=O) groups is 1. The summed E-state index contributed by atoms with van der Waals surface area (Å²) in [7, 11) is 0. The Morgan fingerprint density at radius 1 is 1.55 bits per heavy atom. The van der Waals surface area contributed by atoms with Gasteiger partial charge in [-0.1, -0.05) is 6.92 Å². The monoisotopic (exact) mass is 273 g/mol. The van der Waals surface area contributed by atoms with E-state index in [1.165, 1.54) is 12.8 Å². The van der Waals surface area contributed by atoms with Gasteiger partial charge in [0, 0.05) is 31.7 Å². The Bertz CT molecular complexity index is 635. The second-order valence-electron chi connectivity index (χ2n) is 5.71. The van der Waals surface area contributed by atoms with Gasteiger partial charge in [0.1, 0.15) is 5.56 Å². The van der Waals surface area contributed by atoms with Gasteiger partial charge in [-0.15, -0.1) is 0 Å². The molecule has 0 spiro atoms. The highest BCUT2D eigenvalue weighted by atomic mass is 16.4. The summed E-state index contributed by atoms with van der Waals surface area (Å²) < 4.78 is 1.80. The van der Waals surface area contributed by atoms with Gasteiger partial charge in [-0.2, -0.15) is 0 Å². The molecule has 1 fully saturated rings. The van der Waals surface area contributed by atoms with Crippen LogP contribution in [0.2, 0.25) is 0 Å². The molecule has 3 heterocycles. The van der Waals surface area contributed by atoms with Crippen molar-refractivity contribution in [3.63, 3.8) is 0 Å². The molecular weight excluding hydrogens is 254 g/mol. The number of piperidine rings is 1. The number of imidazole rings is 1. The van der Waals surface area contributed by atoms with E-state index in [1.54, 1.807) is 22.9 Å². The van der Waals surface area contributed by atoms with Gasteiger partial charge >= 0.3 is 5.97 Å². The predicted molar refractivity (Wildman–Crippen MR) is 75.8 cm³/mol. The van der Waals surface area contributed by atoms with Crippen molar-refractivity contribution in [2.75, 3.05) is 13.1 Å². The zero-order valence-electron chi connectivity index (χ0n) is 11.6. The third kappa shape index (κ3) is 2.54. The summed E-state index contributed by atoms with van der Waals surface area (Å²) in [6, 6.07) is 1.75. The standard InChI is InChI=1S/C15H19N3O2/c1-11-3-2-5-17(8-11)9-12-7-13(15(19)20)14-16-4-6-18(14)10-12/h4,6-7,10-11H,2-3,5,8-9H2,1H3,(H,19,20)/t11-/m0/s1. The van der Waals surface area contributed by atoms with Gasteiger partial charge in [0.05, 0.1) is 0 Å². The van der Waals surface area contributed by atoms with Crippen LogP contribution in [0.25, 0.3) is 5.65 Å². The molecule has 1 aliphatic rings. The van der Waals surface area contributed by atoms with E-state index in [2.05, 4.69) is 16.8 Å². The minimum atomic E-state index is -0.921. The average molecular weight is 273 g/mol. The first-order chi connectivity index (χ1) is 9.63. The zero-order chi connectivity index (χ0) is 14.1. The van der Waals surface area contributed by atoms with Gasteiger partial charge in [0.2, 0.25) is 0 Å². The van der Waals surface area contributed by atoms with E-state index in [-0.39, 0.29) is 5.56 Å². The van der Waals surface area contributed by atoms with E-state index in [9.17, 15) is 9.90 Å². The quantitative estimate of drug-likeness (QED) is 0.932. The molecule has 20 heavy (non-hydrogen) atoms. The van der Waals surface area contributed by atoms with Crippen LogP contribution >= 0.6 is 0 Å². The number of aromatic nitrogens is 2. The van der Waals surface area contributed by atoms with Crippen molar-refractivity contribution in [1.82, 2.24) is 14.3 Å². The van der Waals surface area contributed by atoms with Gasteiger partial charge in [0.15, 0.2) is 5.65 Å². The van der Waals surface area contributed by atoms with Gasteiger partial charge in [0.25, 0.3) is 0 Å². The van der Waals surface area contributed by atoms with Crippen LogP contribution in [-0.4, -0.2) is 38.4 Å². The number of hydrogen-bond acceptors (Lipinski definition) is 3. The fourth-order valence-electron chi connectivity index (χ4n) is 3.02. The Kier molecular flexibility index (Phi) is 3.44. The smallest absolute Gasteiger partial charge is 0.339 e. The van der Waals surface area contributed by atoms with E-state index in [4.69, 9.17) is 0 Å². The summed E-state index contributed by atoms with van der Waals surface area (Å²) in [4.78, 5) is 17.9. The Labute approximate surface area is 117 Å². The van der Waals surface area contributed by atoms with Crippen molar-refractivity contribution in [3.05, 3.63) is 35.8 Å². The molecule has 1 saturated heterocycles. The summed E-state index contributed by atoms with van der Waals surface area (Å²) in [5, 5.41) is 9.31. The normalized spacial score (nSPS) is 20.4. The molecule has 2 aromatic heterocycles. The van der Waals surface area contributed by atoms with Crippen LogP contribution in [0.1, 0.15) is 35.7 Å². The lowest BCUT2D eigenvalue weighted by Gasteiger charge is -2.30. The highest BCUT2D eigenvalue weighted by Gasteiger charge is 2.18. The van der Waals surface area contributed by atoms with Crippen LogP contribution in [0.4, 0.5) is 0 Å². The Morgan fingerprint density at radius 3 is 3.15 bits per heavy atom. The molecule has 0 amide bonds. The molecule has 0 unspecified atom stereocenters. The molecule has 106 valence electrons. The van der Waals surface area contributed by atoms with Crippen molar-refractivity contribution < 1.29 is 9.90 Å². The third-order valence-electron chi connectivity index (χ3n) is 3.92. The van der Waals surface area contributed by atoms with Gasteiger partial charge in [-0.05, 0) is 36.9 Å². The molecule has 0 bridgehead atoms. The number of pyridine rings is 1. The number of rotatable bonds is 3. The van der Waals surface area contributed by atoms with Crippen LogP contribution in [-0.2, 0) is 6.54 Å². The fraction of sp³-hybridized carbons (Fsp3) is 0.467. The topological polar surface area (TPSA) is 57.8 Å². The minimum absolute atomic E-state index is 0.276. The van der Waals surface area contributed by atoms with E-state index >= 15 is 0 Å². The molecule has 0 aliphatic carbocycles. The number of nitrogens with zero attached hydrogens (tertiary/aromatic N) is 3. The largest absolute Gasteiger partial charge is 0.478 e. The lowest BCUT2D eigenvalue weighted by atomic mass is 10.00. The molecule has 5 nitrogen and oxygen atoms in total. The lowest BCUT2D eigenvalue weighted by Crippen LogP contribution is -2.33. The molecule has 5 heteroatoms. The van der Waals surface area contributed by atoms with E-state index in [1.807, 2.05) is 6.20 Å². The molecule has 1 atom stereocenters. The van der Waals surface area contributed by atoms with Gasteiger partial charge in [-0.25, -0.2) is 9.78 Å². The summed E-state index contributed by atoms with van der Waals surface area (Å²) in [5.41, 5.74) is 1.81.